The Kier molecular flexibility index (Phi) is 7.60. The largest absolute Gasteiger partial charge is 0.493 e. The molecule has 1 heterocycles. The molecular weight excluding hydrogens is 442 g/mol. The smallest absolute Gasteiger partial charge is 0.339 e. The maximum Gasteiger partial charge on any atom is 0.339 e. The number of ether oxygens (including phenoxy) is 1. The van der Waals surface area contributed by atoms with Gasteiger partial charge in [0.25, 0.3) is 5.91 Å². The zero-order valence-electron chi connectivity index (χ0n) is 17.2. The van der Waals surface area contributed by atoms with Gasteiger partial charge in [-0.3, -0.25) is 4.79 Å². The Morgan fingerprint density at radius 2 is 1.67 bits per heavy atom. The summed E-state index contributed by atoms with van der Waals surface area (Å²) in [6.45, 7) is 4.98. The van der Waals surface area contributed by atoms with Crippen LogP contribution in [0, 0.1) is 0 Å². The van der Waals surface area contributed by atoms with Crippen molar-refractivity contribution in [2.24, 2.45) is 0 Å². The highest BCUT2D eigenvalue weighted by Crippen LogP contribution is 2.47. The van der Waals surface area contributed by atoms with Crippen molar-refractivity contribution in [1.29, 1.82) is 0 Å². The fraction of sp³-hybridized carbons (Fsp3) is 0.381. The van der Waals surface area contributed by atoms with Gasteiger partial charge in [0.2, 0.25) is 0 Å². The maximum atomic E-state index is 12.8. The average molecular weight is 468 g/mol. The topological polar surface area (TPSA) is 72.9 Å². The van der Waals surface area contributed by atoms with Crippen molar-refractivity contribution in [2.45, 2.75) is 23.3 Å². The predicted octanol–water partition coefficient (Wildman–Crippen LogP) is 4.42. The molecule has 162 valence electrons. The molecule has 1 fully saturated rings. The van der Waals surface area contributed by atoms with E-state index in [1.165, 1.54) is 31.4 Å². The number of nitrogens with zero attached hydrogens (tertiary/aromatic N) is 1. The number of thioether (sulfide) groups is 2. The van der Waals surface area contributed by atoms with Crippen LogP contribution in [-0.4, -0.2) is 50.9 Å². The van der Waals surface area contributed by atoms with Gasteiger partial charge in [-0.2, -0.15) is 8.42 Å². The molecular formula is C21H25NO5S3. The molecule has 0 bridgehead atoms. The lowest BCUT2D eigenvalue weighted by atomic mass is 10.2. The summed E-state index contributed by atoms with van der Waals surface area (Å²) < 4.78 is 36.6. The molecule has 0 atom stereocenters. The van der Waals surface area contributed by atoms with Gasteiger partial charge in [-0.25, -0.2) is 0 Å². The predicted molar refractivity (Wildman–Crippen MR) is 122 cm³/mol. The number of methoxy groups -OCH3 is 1. The van der Waals surface area contributed by atoms with Crippen molar-refractivity contribution in [2.75, 3.05) is 31.7 Å². The van der Waals surface area contributed by atoms with Gasteiger partial charge in [0.05, 0.1) is 11.7 Å². The highest BCUT2D eigenvalue weighted by Gasteiger charge is 2.23. The third-order valence-corrected chi connectivity index (χ3v) is 9.07. The van der Waals surface area contributed by atoms with Crippen molar-refractivity contribution < 1.29 is 22.1 Å². The number of carbonyl (C=O) groups is 1. The summed E-state index contributed by atoms with van der Waals surface area (Å²) >= 11 is 3.71. The van der Waals surface area contributed by atoms with Crippen LogP contribution in [0.25, 0.3) is 0 Å². The van der Waals surface area contributed by atoms with Crippen LogP contribution in [0.3, 0.4) is 0 Å². The summed E-state index contributed by atoms with van der Waals surface area (Å²) in [4.78, 5) is 14.1. The quantitative estimate of drug-likeness (QED) is 0.532. The van der Waals surface area contributed by atoms with E-state index in [9.17, 15) is 13.2 Å². The van der Waals surface area contributed by atoms with Crippen LogP contribution in [0.15, 0.2) is 47.4 Å². The van der Waals surface area contributed by atoms with Crippen molar-refractivity contribution in [3.05, 3.63) is 53.6 Å². The Bertz CT molecular complexity index is 982. The minimum atomic E-state index is -4.07. The standard InChI is InChI=1S/C21H25NO5S3/c1-4-22(5-2)20(23)15-6-9-17(10-7-15)30(24,25)27-18-11-8-16(14-19(18)26-3)21-28-12-13-29-21/h6-11,14,21H,4-5,12-13H2,1-3H3. The zero-order valence-corrected chi connectivity index (χ0v) is 19.6. The maximum absolute atomic E-state index is 12.8. The van der Waals surface area contributed by atoms with Gasteiger partial charge in [0.1, 0.15) is 4.90 Å². The summed E-state index contributed by atoms with van der Waals surface area (Å²) in [5, 5.41) is 0. The number of carbonyl (C=O) groups excluding carboxylic acids is 1. The average Bonchev–Trinajstić information content (AvgIpc) is 3.29. The van der Waals surface area contributed by atoms with E-state index in [1.807, 2.05) is 49.5 Å². The molecule has 1 amide bonds. The Labute approximate surface area is 186 Å². The van der Waals surface area contributed by atoms with E-state index in [2.05, 4.69) is 0 Å². The van der Waals surface area contributed by atoms with Gasteiger partial charge < -0.3 is 13.8 Å². The normalized spacial score (nSPS) is 14.5. The molecule has 0 N–H and O–H groups in total. The first-order valence-electron chi connectivity index (χ1n) is 9.64. The Hall–Kier alpha value is -1.84. The van der Waals surface area contributed by atoms with Crippen molar-refractivity contribution in [3.8, 4) is 11.5 Å². The third-order valence-electron chi connectivity index (χ3n) is 4.72. The number of hydrogen-bond acceptors (Lipinski definition) is 7. The summed E-state index contributed by atoms with van der Waals surface area (Å²) in [7, 11) is -2.58. The molecule has 0 aromatic heterocycles. The molecule has 6 nitrogen and oxygen atoms in total. The van der Waals surface area contributed by atoms with E-state index in [0.29, 0.717) is 29.0 Å². The third kappa shape index (κ3) is 5.07. The van der Waals surface area contributed by atoms with Gasteiger partial charge in [-0.1, -0.05) is 6.07 Å². The van der Waals surface area contributed by atoms with Crippen molar-refractivity contribution in [1.82, 2.24) is 4.90 Å². The van der Waals surface area contributed by atoms with Crippen LogP contribution >= 0.6 is 23.5 Å². The van der Waals surface area contributed by atoms with E-state index in [1.54, 1.807) is 11.0 Å². The van der Waals surface area contributed by atoms with Crippen LogP contribution in [0.2, 0.25) is 0 Å². The van der Waals surface area contributed by atoms with E-state index in [-0.39, 0.29) is 16.6 Å². The molecule has 0 unspecified atom stereocenters. The Balaban J connectivity index is 1.80. The molecule has 1 saturated heterocycles. The number of amides is 1. The lowest BCUT2D eigenvalue weighted by Crippen LogP contribution is -2.30. The Morgan fingerprint density at radius 3 is 2.23 bits per heavy atom. The fourth-order valence-electron chi connectivity index (χ4n) is 3.07. The molecule has 2 aromatic rings. The van der Waals surface area contributed by atoms with E-state index >= 15 is 0 Å². The first-order valence-corrected chi connectivity index (χ1v) is 13.1. The lowest BCUT2D eigenvalue weighted by molar-refractivity contribution is 0.0773. The lowest BCUT2D eigenvalue weighted by Gasteiger charge is -2.18. The summed E-state index contributed by atoms with van der Waals surface area (Å²) in [6.07, 6.45) is 0. The Morgan fingerprint density at radius 1 is 1.03 bits per heavy atom. The second-order valence-corrected chi connectivity index (χ2v) is 10.8. The highest BCUT2D eigenvalue weighted by atomic mass is 32.2. The molecule has 0 aliphatic carbocycles. The van der Waals surface area contributed by atoms with Crippen molar-refractivity contribution >= 4 is 39.5 Å². The van der Waals surface area contributed by atoms with Crippen LogP contribution in [0.1, 0.15) is 34.4 Å². The highest BCUT2D eigenvalue weighted by molar-refractivity contribution is 8.19. The van der Waals surface area contributed by atoms with Gasteiger partial charge in [-0.05, 0) is 55.8 Å². The molecule has 0 radical (unpaired) electrons. The molecule has 2 aromatic carbocycles. The first kappa shape index (κ1) is 22.8. The summed E-state index contributed by atoms with van der Waals surface area (Å²) in [5.74, 6) is 2.56. The number of rotatable bonds is 8. The SMILES string of the molecule is CCN(CC)C(=O)c1ccc(S(=O)(=O)Oc2ccc(C3SCCS3)cc2OC)cc1. The van der Waals surface area contributed by atoms with E-state index < -0.39 is 10.1 Å². The molecule has 1 aliphatic rings. The second-order valence-electron chi connectivity index (χ2n) is 6.52. The first-order chi connectivity index (χ1) is 14.4. The van der Waals surface area contributed by atoms with Crippen LogP contribution in [0.4, 0.5) is 0 Å². The number of hydrogen-bond donors (Lipinski definition) is 0. The van der Waals surface area contributed by atoms with Gasteiger partial charge in [0, 0.05) is 30.2 Å². The number of benzene rings is 2. The molecule has 0 spiro atoms. The van der Waals surface area contributed by atoms with Crippen LogP contribution in [0.5, 0.6) is 11.5 Å². The summed E-state index contributed by atoms with van der Waals surface area (Å²) in [5.41, 5.74) is 1.51. The fourth-order valence-corrected chi connectivity index (χ4v) is 6.85. The molecule has 0 saturated carbocycles. The van der Waals surface area contributed by atoms with E-state index in [4.69, 9.17) is 8.92 Å². The van der Waals surface area contributed by atoms with Gasteiger partial charge in [0.15, 0.2) is 11.5 Å². The zero-order chi connectivity index (χ0) is 21.7. The van der Waals surface area contributed by atoms with Gasteiger partial charge in [-0.15, -0.1) is 23.5 Å². The van der Waals surface area contributed by atoms with E-state index in [0.717, 1.165) is 17.1 Å². The minimum Gasteiger partial charge on any atom is -0.493 e. The van der Waals surface area contributed by atoms with Crippen LogP contribution < -0.4 is 8.92 Å². The molecule has 30 heavy (non-hydrogen) atoms. The monoisotopic (exact) mass is 467 g/mol. The minimum absolute atomic E-state index is 0.0216. The molecule has 9 heteroatoms. The molecule has 1 aliphatic heterocycles. The van der Waals surface area contributed by atoms with Gasteiger partial charge >= 0.3 is 10.1 Å². The second kappa shape index (κ2) is 9.98. The molecule has 3 rings (SSSR count). The van der Waals surface area contributed by atoms with Crippen molar-refractivity contribution in [3.63, 3.8) is 0 Å². The van der Waals surface area contributed by atoms with Crippen LogP contribution in [-0.2, 0) is 10.1 Å². The summed E-state index contributed by atoms with van der Waals surface area (Å²) in [6, 6.07) is 11.1.